The molecular weight excluding hydrogens is 332 g/mol. The molecule has 0 atom stereocenters. The molecular formula is C19H18N4O3. The molecule has 4 N–H and O–H groups in total. The summed E-state index contributed by atoms with van der Waals surface area (Å²) in [5, 5.41) is 2.91. The molecule has 26 heavy (non-hydrogen) atoms. The van der Waals surface area contributed by atoms with E-state index in [2.05, 4.69) is 15.3 Å². The Kier molecular flexibility index (Phi) is 3.30. The Balaban J connectivity index is 1.85. The van der Waals surface area contributed by atoms with E-state index in [1.807, 2.05) is 26.0 Å². The Morgan fingerprint density at radius 3 is 2.69 bits per heavy atom. The van der Waals surface area contributed by atoms with Gasteiger partial charge in [0.2, 0.25) is 11.8 Å². The predicted molar refractivity (Wildman–Crippen MR) is 98.3 cm³/mol. The van der Waals surface area contributed by atoms with E-state index in [9.17, 15) is 9.59 Å². The first-order valence-corrected chi connectivity index (χ1v) is 8.15. The number of fused-ring (bicyclic) bond motifs is 2. The lowest BCUT2D eigenvalue weighted by atomic mass is 9.86. The van der Waals surface area contributed by atoms with E-state index in [0.717, 1.165) is 27.8 Å². The van der Waals surface area contributed by atoms with Gasteiger partial charge in [0, 0.05) is 11.3 Å². The number of nitrogens with zero attached hydrogens (tertiary/aromatic N) is 1. The van der Waals surface area contributed by atoms with Gasteiger partial charge >= 0.3 is 0 Å². The summed E-state index contributed by atoms with van der Waals surface area (Å²) in [6.07, 6.45) is 0. The van der Waals surface area contributed by atoms with Crippen molar-refractivity contribution in [3.63, 3.8) is 0 Å². The number of nitrogens with two attached hydrogens (primary N) is 1. The number of H-pyrrole nitrogens is 1. The highest BCUT2D eigenvalue weighted by atomic mass is 16.5. The lowest BCUT2D eigenvalue weighted by Gasteiger charge is -2.14. The van der Waals surface area contributed by atoms with Crippen molar-refractivity contribution in [3.8, 4) is 17.1 Å². The minimum Gasteiger partial charge on any atom is -0.496 e. The topological polar surface area (TPSA) is 110 Å². The van der Waals surface area contributed by atoms with Crippen LogP contribution in [-0.4, -0.2) is 28.9 Å². The molecule has 4 rings (SSSR count). The Labute approximate surface area is 149 Å². The summed E-state index contributed by atoms with van der Waals surface area (Å²) in [5.41, 5.74) is 9.09. The van der Waals surface area contributed by atoms with E-state index < -0.39 is 11.3 Å². The quantitative estimate of drug-likeness (QED) is 0.674. The number of anilines is 1. The number of nitrogens with one attached hydrogen (secondary N) is 2. The van der Waals surface area contributed by atoms with Crippen molar-refractivity contribution in [2.45, 2.75) is 19.3 Å². The number of methoxy groups -OCH3 is 1. The molecule has 3 aromatic rings. The number of rotatable bonds is 3. The second kappa shape index (κ2) is 5.32. The molecule has 0 saturated heterocycles. The zero-order valence-corrected chi connectivity index (χ0v) is 14.6. The largest absolute Gasteiger partial charge is 0.496 e. The van der Waals surface area contributed by atoms with Crippen LogP contribution in [0.3, 0.4) is 0 Å². The number of ether oxygens (including phenoxy) is 1. The maximum absolute atomic E-state index is 12.1. The van der Waals surface area contributed by atoms with Crippen LogP contribution in [0.1, 0.15) is 29.8 Å². The Hall–Kier alpha value is -3.35. The van der Waals surface area contributed by atoms with Crippen molar-refractivity contribution < 1.29 is 14.3 Å². The first-order chi connectivity index (χ1) is 12.3. The van der Waals surface area contributed by atoms with Gasteiger partial charge in [-0.1, -0.05) is 0 Å². The number of hydrogen-bond acceptors (Lipinski definition) is 4. The van der Waals surface area contributed by atoms with Gasteiger partial charge in [-0.2, -0.15) is 0 Å². The van der Waals surface area contributed by atoms with Crippen molar-refractivity contribution in [1.82, 2.24) is 9.97 Å². The number of carbonyl (C=O) groups excluding carboxylic acids is 2. The van der Waals surface area contributed by atoms with Crippen LogP contribution in [0.4, 0.5) is 5.69 Å². The lowest BCUT2D eigenvalue weighted by Crippen LogP contribution is -2.26. The SMILES string of the molecule is COc1cc(C(N)=O)ccc1-c1nc2cc3c(cc2[nH]1)NC(=O)C3(C)C. The number of primary amides is 1. The average molecular weight is 350 g/mol. The van der Waals surface area contributed by atoms with Crippen LogP contribution in [0.5, 0.6) is 5.75 Å². The third-order valence-electron chi connectivity index (χ3n) is 4.85. The summed E-state index contributed by atoms with van der Waals surface area (Å²) < 4.78 is 5.39. The van der Waals surface area contributed by atoms with Crippen LogP contribution in [0.2, 0.25) is 0 Å². The second-order valence-electron chi connectivity index (χ2n) is 6.86. The highest BCUT2D eigenvalue weighted by Gasteiger charge is 2.38. The first kappa shape index (κ1) is 16.1. The molecule has 2 aromatic carbocycles. The molecule has 1 aliphatic rings. The van der Waals surface area contributed by atoms with Gasteiger partial charge in [0.25, 0.3) is 0 Å². The van der Waals surface area contributed by atoms with Crippen molar-refractivity contribution in [3.05, 3.63) is 41.5 Å². The van der Waals surface area contributed by atoms with Crippen molar-refractivity contribution in [2.75, 3.05) is 12.4 Å². The molecule has 0 fully saturated rings. The summed E-state index contributed by atoms with van der Waals surface area (Å²) in [6.45, 7) is 3.78. The monoisotopic (exact) mass is 350 g/mol. The summed E-state index contributed by atoms with van der Waals surface area (Å²) in [6, 6.07) is 8.78. The summed E-state index contributed by atoms with van der Waals surface area (Å²) in [4.78, 5) is 31.4. The molecule has 2 heterocycles. The fourth-order valence-corrected chi connectivity index (χ4v) is 3.25. The number of benzene rings is 2. The molecule has 0 spiro atoms. The zero-order valence-electron chi connectivity index (χ0n) is 14.6. The van der Waals surface area contributed by atoms with Crippen molar-refractivity contribution >= 4 is 28.5 Å². The highest BCUT2D eigenvalue weighted by Crippen LogP contribution is 2.40. The number of carbonyl (C=O) groups is 2. The number of aromatic nitrogens is 2. The third kappa shape index (κ3) is 2.24. The van der Waals surface area contributed by atoms with Gasteiger partial charge in [0.15, 0.2) is 0 Å². The van der Waals surface area contributed by atoms with Crippen LogP contribution >= 0.6 is 0 Å². The number of aromatic amines is 1. The zero-order chi connectivity index (χ0) is 18.6. The minimum atomic E-state index is -0.594. The Bertz CT molecular complexity index is 1080. The van der Waals surface area contributed by atoms with Gasteiger partial charge in [-0.15, -0.1) is 0 Å². The highest BCUT2D eigenvalue weighted by molar-refractivity contribution is 6.07. The summed E-state index contributed by atoms with van der Waals surface area (Å²) in [7, 11) is 1.53. The van der Waals surface area contributed by atoms with Crippen LogP contribution in [0, 0.1) is 0 Å². The van der Waals surface area contributed by atoms with Crippen LogP contribution in [-0.2, 0) is 10.2 Å². The van der Waals surface area contributed by atoms with Gasteiger partial charge in [0.1, 0.15) is 11.6 Å². The molecule has 1 aromatic heterocycles. The van der Waals surface area contributed by atoms with Crippen LogP contribution in [0.25, 0.3) is 22.4 Å². The van der Waals surface area contributed by atoms with E-state index in [0.29, 0.717) is 17.1 Å². The standard InChI is InChI=1S/C19H18N4O3/c1-19(2)11-7-13-14(8-12(11)23-18(19)25)22-17(21-13)10-5-4-9(16(20)24)6-15(10)26-3/h4-8H,1-3H3,(H2,20,24)(H,21,22)(H,23,25). The number of imidazole rings is 1. The number of hydrogen-bond donors (Lipinski definition) is 3. The maximum atomic E-state index is 12.1. The molecule has 7 heteroatoms. The second-order valence-corrected chi connectivity index (χ2v) is 6.86. The van der Waals surface area contributed by atoms with E-state index in [1.165, 1.54) is 7.11 Å². The molecule has 0 unspecified atom stereocenters. The Morgan fingerprint density at radius 2 is 2.00 bits per heavy atom. The molecule has 0 aliphatic carbocycles. The maximum Gasteiger partial charge on any atom is 0.248 e. The molecule has 7 nitrogen and oxygen atoms in total. The van der Waals surface area contributed by atoms with Gasteiger partial charge < -0.3 is 20.8 Å². The lowest BCUT2D eigenvalue weighted by molar-refractivity contribution is -0.119. The van der Waals surface area contributed by atoms with Gasteiger partial charge in [-0.25, -0.2) is 4.98 Å². The van der Waals surface area contributed by atoms with Gasteiger partial charge in [-0.05, 0) is 49.7 Å². The fourth-order valence-electron chi connectivity index (χ4n) is 3.25. The van der Waals surface area contributed by atoms with Crippen molar-refractivity contribution in [1.29, 1.82) is 0 Å². The molecule has 0 saturated carbocycles. The van der Waals surface area contributed by atoms with Crippen molar-refractivity contribution in [2.24, 2.45) is 5.73 Å². The molecule has 132 valence electrons. The average Bonchev–Trinajstić information content (AvgIpc) is 3.11. The molecule has 2 amide bonds. The van der Waals surface area contributed by atoms with E-state index >= 15 is 0 Å². The summed E-state index contributed by atoms with van der Waals surface area (Å²) in [5.74, 6) is 0.570. The number of amides is 2. The van der Waals surface area contributed by atoms with Gasteiger partial charge in [0.05, 0.1) is 29.1 Å². The Morgan fingerprint density at radius 1 is 1.23 bits per heavy atom. The van der Waals surface area contributed by atoms with E-state index in [4.69, 9.17) is 10.5 Å². The fraction of sp³-hybridized carbons (Fsp3) is 0.211. The third-order valence-corrected chi connectivity index (χ3v) is 4.85. The molecule has 0 bridgehead atoms. The molecule has 0 radical (unpaired) electrons. The van der Waals surface area contributed by atoms with Crippen LogP contribution in [0.15, 0.2) is 30.3 Å². The van der Waals surface area contributed by atoms with Crippen LogP contribution < -0.4 is 15.8 Å². The summed E-state index contributed by atoms with van der Waals surface area (Å²) >= 11 is 0. The molecule has 1 aliphatic heterocycles. The normalized spacial score (nSPS) is 15.0. The minimum absolute atomic E-state index is 0.0240. The first-order valence-electron chi connectivity index (χ1n) is 8.15. The van der Waals surface area contributed by atoms with Gasteiger partial charge in [-0.3, -0.25) is 9.59 Å². The predicted octanol–water partition coefficient (Wildman–Crippen LogP) is 2.57. The van der Waals surface area contributed by atoms with E-state index in [-0.39, 0.29) is 5.91 Å². The van der Waals surface area contributed by atoms with E-state index in [1.54, 1.807) is 18.2 Å². The smallest absolute Gasteiger partial charge is 0.248 e.